The second-order valence-electron chi connectivity index (χ2n) is 5.11. The summed E-state index contributed by atoms with van der Waals surface area (Å²) in [5.41, 5.74) is 0. The highest BCUT2D eigenvalue weighted by atomic mass is 15.2. The van der Waals surface area contributed by atoms with E-state index in [1.807, 2.05) is 0 Å². The van der Waals surface area contributed by atoms with E-state index in [0.29, 0.717) is 6.04 Å². The molecule has 1 atom stereocenters. The van der Waals surface area contributed by atoms with Gasteiger partial charge in [0.05, 0.1) is 0 Å². The number of hydrogen-bond acceptors (Lipinski definition) is 3. The van der Waals surface area contributed by atoms with Crippen LogP contribution in [0.15, 0.2) is 0 Å². The van der Waals surface area contributed by atoms with E-state index in [9.17, 15) is 0 Å². The van der Waals surface area contributed by atoms with Crippen molar-refractivity contribution >= 4 is 0 Å². The van der Waals surface area contributed by atoms with Crippen LogP contribution < -0.4 is 5.32 Å². The summed E-state index contributed by atoms with van der Waals surface area (Å²) in [5.74, 6) is 0. The Hall–Kier alpha value is -0.120. The summed E-state index contributed by atoms with van der Waals surface area (Å²) in [6.07, 6.45) is 3.71. The molecule has 0 saturated heterocycles. The van der Waals surface area contributed by atoms with Gasteiger partial charge in [0.2, 0.25) is 0 Å². The summed E-state index contributed by atoms with van der Waals surface area (Å²) in [7, 11) is 4.31. The lowest BCUT2D eigenvalue weighted by Crippen LogP contribution is -2.45. The van der Waals surface area contributed by atoms with Crippen LogP contribution in [0.1, 0.15) is 40.0 Å². The highest BCUT2D eigenvalue weighted by Crippen LogP contribution is 2.04. The zero-order chi connectivity index (χ0) is 13.1. The van der Waals surface area contributed by atoms with Crippen molar-refractivity contribution in [3.8, 4) is 0 Å². The van der Waals surface area contributed by atoms with Gasteiger partial charge < -0.3 is 10.2 Å². The van der Waals surface area contributed by atoms with E-state index in [0.717, 1.165) is 19.6 Å². The Morgan fingerprint density at radius 1 is 0.941 bits per heavy atom. The summed E-state index contributed by atoms with van der Waals surface area (Å²) < 4.78 is 0. The molecule has 1 N–H and O–H groups in total. The lowest BCUT2D eigenvalue weighted by Gasteiger charge is -2.32. The highest BCUT2D eigenvalue weighted by Gasteiger charge is 2.15. The molecular formula is C14H33N3. The fourth-order valence-electron chi connectivity index (χ4n) is 2.07. The van der Waals surface area contributed by atoms with Crippen molar-refractivity contribution in [1.82, 2.24) is 15.1 Å². The third kappa shape index (κ3) is 8.58. The summed E-state index contributed by atoms with van der Waals surface area (Å²) in [6, 6.07) is 0.696. The van der Waals surface area contributed by atoms with Gasteiger partial charge in [-0.25, -0.2) is 0 Å². The van der Waals surface area contributed by atoms with Crippen molar-refractivity contribution in [2.75, 3.05) is 46.8 Å². The molecule has 0 aliphatic carbocycles. The van der Waals surface area contributed by atoms with Gasteiger partial charge in [0.1, 0.15) is 0 Å². The second kappa shape index (κ2) is 11.0. The molecule has 0 aliphatic rings. The Morgan fingerprint density at radius 3 is 2.12 bits per heavy atom. The minimum Gasteiger partial charge on any atom is -0.315 e. The smallest absolute Gasteiger partial charge is 0.0218 e. The first-order valence-electron chi connectivity index (χ1n) is 7.25. The molecule has 1 unspecified atom stereocenters. The quantitative estimate of drug-likeness (QED) is 0.560. The molecule has 0 aliphatic heterocycles. The molecule has 0 saturated carbocycles. The monoisotopic (exact) mass is 243 g/mol. The summed E-state index contributed by atoms with van der Waals surface area (Å²) in [6.45, 7) is 12.6. The van der Waals surface area contributed by atoms with Crippen LogP contribution in [0, 0.1) is 0 Å². The van der Waals surface area contributed by atoms with Crippen LogP contribution in [0.25, 0.3) is 0 Å². The molecule has 0 aromatic carbocycles. The van der Waals surface area contributed by atoms with E-state index in [-0.39, 0.29) is 0 Å². The molecule has 0 amide bonds. The van der Waals surface area contributed by atoms with Crippen molar-refractivity contribution in [2.45, 2.75) is 46.1 Å². The number of hydrogen-bond donors (Lipinski definition) is 1. The Bertz CT molecular complexity index is 160. The number of nitrogens with zero attached hydrogens (tertiary/aromatic N) is 2. The van der Waals surface area contributed by atoms with Gasteiger partial charge >= 0.3 is 0 Å². The standard InChI is InChI=1S/C14H33N3/c1-6-9-15-13-14(8-3)17(10-7-2)12-11-16(4)5/h14-15H,6-13H2,1-5H3. The van der Waals surface area contributed by atoms with Crippen molar-refractivity contribution in [1.29, 1.82) is 0 Å². The molecule has 0 heterocycles. The molecule has 0 aromatic rings. The van der Waals surface area contributed by atoms with Crippen LogP contribution in [-0.2, 0) is 0 Å². The normalized spacial score (nSPS) is 13.6. The minimum absolute atomic E-state index is 0.696. The van der Waals surface area contributed by atoms with Crippen molar-refractivity contribution in [3.05, 3.63) is 0 Å². The van der Waals surface area contributed by atoms with Crippen LogP contribution >= 0.6 is 0 Å². The molecule has 17 heavy (non-hydrogen) atoms. The van der Waals surface area contributed by atoms with E-state index in [4.69, 9.17) is 0 Å². The maximum absolute atomic E-state index is 3.56. The van der Waals surface area contributed by atoms with E-state index in [1.54, 1.807) is 0 Å². The number of nitrogens with one attached hydrogen (secondary N) is 1. The zero-order valence-electron chi connectivity index (χ0n) is 12.6. The maximum atomic E-state index is 3.56. The van der Waals surface area contributed by atoms with Crippen LogP contribution in [0.5, 0.6) is 0 Å². The first-order chi connectivity index (χ1) is 8.15. The third-order valence-corrected chi connectivity index (χ3v) is 3.14. The Kier molecular flexibility index (Phi) is 10.9. The average molecular weight is 243 g/mol. The van der Waals surface area contributed by atoms with Gasteiger partial charge in [0, 0.05) is 25.7 Å². The largest absolute Gasteiger partial charge is 0.315 e. The summed E-state index contributed by atoms with van der Waals surface area (Å²) >= 11 is 0. The van der Waals surface area contributed by atoms with Crippen LogP contribution in [0.3, 0.4) is 0 Å². The van der Waals surface area contributed by atoms with E-state index < -0.39 is 0 Å². The van der Waals surface area contributed by atoms with E-state index in [1.165, 1.54) is 32.4 Å². The molecule has 0 spiro atoms. The molecule has 0 fully saturated rings. The van der Waals surface area contributed by atoms with Crippen LogP contribution in [0.4, 0.5) is 0 Å². The fraction of sp³-hybridized carbons (Fsp3) is 1.00. The van der Waals surface area contributed by atoms with Gasteiger partial charge in [-0.3, -0.25) is 4.90 Å². The lowest BCUT2D eigenvalue weighted by molar-refractivity contribution is 0.170. The van der Waals surface area contributed by atoms with E-state index in [2.05, 4.69) is 50.0 Å². The topological polar surface area (TPSA) is 18.5 Å². The zero-order valence-corrected chi connectivity index (χ0v) is 12.6. The van der Waals surface area contributed by atoms with Crippen molar-refractivity contribution in [3.63, 3.8) is 0 Å². The second-order valence-corrected chi connectivity index (χ2v) is 5.11. The van der Waals surface area contributed by atoms with Gasteiger partial charge in [0.25, 0.3) is 0 Å². The Labute approximate surface area is 109 Å². The molecule has 3 nitrogen and oxygen atoms in total. The predicted molar refractivity (Wildman–Crippen MR) is 77.7 cm³/mol. The molecule has 104 valence electrons. The fourth-order valence-corrected chi connectivity index (χ4v) is 2.07. The van der Waals surface area contributed by atoms with Crippen molar-refractivity contribution < 1.29 is 0 Å². The lowest BCUT2D eigenvalue weighted by atomic mass is 10.1. The Morgan fingerprint density at radius 2 is 1.65 bits per heavy atom. The first kappa shape index (κ1) is 16.9. The van der Waals surface area contributed by atoms with Gasteiger partial charge in [-0.1, -0.05) is 20.8 Å². The number of rotatable bonds is 11. The summed E-state index contributed by atoms with van der Waals surface area (Å²) in [4.78, 5) is 4.91. The minimum atomic E-state index is 0.696. The molecule has 0 radical (unpaired) electrons. The van der Waals surface area contributed by atoms with E-state index >= 15 is 0 Å². The SMILES string of the molecule is CCCNCC(CC)N(CCC)CCN(C)C. The molecule has 0 bridgehead atoms. The highest BCUT2D eigenvalue weighted by molar-refractivity contribution is 4.73. The van der Waals surface area contributed by atoms with Crippen LogP contribution in [0.2, 0.25) is 0 Å². The molecule has 3 heteroatoms. The number of likely N-dealkylation sites (N-methyl/N-ethyl adjacent to an activating group) is 1. The maximum Gasteiger partial charge on any atom is 0.0218 e. The molecule has 0 rings (SSSR count). The third-order valence-electron chi connectivity index (χ3n) is 3.14. The van der Waals surface area contributed by atoms with Gasteiger partial charge in [-0.05, 0) is 46.4 Å². The van der Waals surface area contributed by atoms with Crippen LogP contribution in [-0.4, -0.2) is 62.7 Å². The van der Waals surface area contributed by atoms with Gasteiger partial charge in [-0.2, -0.15) is 0 Å². The van der Waals surface area contributed by atoms with Gasteiger partial charge in [0.15, 0.2) is 0 Å². The van der Waals surface area contributed by atoms with Gasteiger partial charge in [-0.15, -0.1) is 0 Å². The first-order valence-corrected chi connectivity index (χ1v) is 7.25. The summed E-state index contributed by atoms with van der Waals surface area (Å²) in [5, 5.41) is 3.56. The average Bonchev–Trinajstić information content (AvgIpc) is 2.30. The van der Waals surface area contributed by atoms with Crippen molar-refractivity contribution in [2.24, 2.45) is 0 Å². The molecule has 0 aromatic heterocycles. The Balaban J connectivity index is 4.09. The molecular weight excluding hydrogens is 210 g/mol. The predicted octanol–water partition coefficient (Wildman–Crippen LogP) is 2.04.